The quantitative estimate of drug-likeness (QED) is 0.203. The molecule has 3 aromatic rings. The van der Waals surface area contributed by atoms with Crippen LogP contribution in [-0.2, 0) is 24.5 Å². The normalized spacial score (nSPS) is 16.2. The van der Waals surface area contributed by atoms with Crippen molar-refractivity contribution in [1.82, 2.24) is 25.9 Å². The van der Waals surface area contributed by atoms with Gasteiger partial charge in [0.05, 0.1) is 18.7 Å². The zero-order valence-electron chi connectivity index (χ0n) is 27.9. The molecule has 3 amide bonds. The van der Waals surface area contributed by atoms with Crippen LogP contribution in [0.2, 0.25) is 0 Å². The fourth-order valence-corrected chi connectivity index (χ4v) is 5.53. The number of rotatable bonds is 13. The van der Waals surface area contributed by atoms with Crippen LogP contribution in [0.15, 0.2) is 42.6 Å². The van der Waals surface area contributed by atoms with E-state index >= 15 is 0 Å². The second-order valence-corrected chi connectivity index (χ2v) is 13.4. The molecule has 3 atom stereocenters. The lowest BCUT2D eigenvalue weighted by Crippen LogP contribution is -2.54. The first-order valence-electron chi connectivity index (χ1n) is 16.0. The number of aromatic nitrogens is 2. The molecule has 12 nitrogen and oxygen atoms in total. The molecular weight excluding hydrogens is 602 g/mol. The molecule has 47 heavy (non-hydrogen) atoms. The number of hydrogen-bond acceptors (Lipinski definition) is 8. The van der Waals surface area contributed by atoms with Crippen LogP contribution >= 0.6 is 0 Å². The number of fused-ring (bicyclic) bond motifs is 1. The van der Waals surface area contributed by atoms with Crippen molar-refractivity contribution in [1.29, 1.82) is 0 Å². The molecule has 1 aliphatic rings. The average Bonchev–Trinajstić information content (AvgIpc) is 3.48. The van der Waals surface area contributed by atoms with Gasteiger partial charge < -0.3 is 30.4 Å². The molecule has 0 saturated carbocycles. The zero-order valence-corrected chi connectivity index (χ0v) is 27.9. The van der Waals surface area contributed by atoms with E-state index in [1.54, 1.807) is 37.4 Å². The molecule has 12 heteroatoms. The molecule has 2 aromatic heterocycles. The number of hydrogen-bond donors (Lipinski definition) is 4. The third-order valence-electron chi connectivity index (χ3n) is 8.16. The molecule has 1 aromatic carbocycles. The molecule has 4 rings (SSSR count). The van der Waals surface area contributed by atoms with Gasteiger partial charge in [-0.15, -0.1) is 0 Å². The third kappa shape index (κ3) is 9.17. The first-order valence-corrected chi connectivity index (χ1v) is 16.0. The predicted molar refractivity (Wildman–Crippen MR) is 176 cm³/mol. The number of ether oxygens (including phenoxy) is 2. The molecule has 0 radical (unpaired) electrons. The van der Waals surface area contributed by atoms with E-state index in [1.807, 2.05) is 40.7 Å². The van der Waals surface area contributed by atoms with Gasteiger partial charge in [0.15, 0.2) is 12.4 Å². The molecule has 0 spiro atoms. The summed E-state index contributed by atoms with van der Waals surface area (Å²) in [6.07, 6.45) is 3.01. The number of piperidine rings is 1. The molecule has 1 fully saturated rings. The number of carbonyl (C=O) groups is 5. The van der Waals surface area contributed by atoms with Gasteiger partial charge in [-0.1, -0.05) is 40.7 Å². The highest BCUT2D eigenvalue weighted by Crippen LogP contribution is 2.26. The molecule has 252 valence electrons. The molecule has 1 aliphatic heterocycles. The van der Waals surface area contributed by atoms with Crippen LogP contribution in [0, 0.1) is 11.8 Å². The van der Waals surface area contributed by atoms with Gasteiger partial charge in [-0.05, 0) is 61.9 Å². The first-order chi connectivity index (χ1) is 22.3. The Morgan fingerprint density at radius 2 is 1.83 bits per heavy atom. The van der Waals surface area contributed by atoms with Crippen LogP contribution in [0.25, 0.3) is 10.9 Å². The Labute approximate surface area is 274 Å². The second kappa shape index (κ2) is 15.2. The Hall–Kier alpha value is -4.74. The summed E-state index contributed by atoms with van der Waals surface area (Å²) in [5, 5.41) is 9.09. The summed E-state index contributed by atoms with van der Waals surface area (Å²) >= 11 is 0. The summed E-state index contributed by atoms with van der Waals surface area (Å²) in [7, 11) is 1.54. The fraction of sp³-hybridized carbons (Fsp3) is 0.486. The minimum absolute atomic E-state index is 0.0198. The number of Topliss-reactive ketones (excluding diaryl/α,β-unsaturated/α-hetero) is 1. The summed E-state index contributed by atoms with van der Waals surface area (Å²) < 4.78 is 10.7. The topological polar surface area (TPSA) is 169 Å². The Morgan fingerprint density at radius 3 is 2.47 bits per heavy atom. The predicted octanol–water partition coefficient (Wildman–Crippen LogP) is 3.84. The summed E-state index contributed by atoms with van der Waals surface area (Å²) in [5.41, 5.74) is 1.73. The van der Waals surface area contributed by atoms with Crippen molar-refractivity contribution < 1.29 is 33.4 Å². The molecule has 0 bridgehead atoms. The molecule has 0 aliphatic carbocycles. The van der Waals surface area contributed by atoms with Gasteiger partial charge in [-0.2, -0.15) is 0 Å². The number of nitrogens with zero attached hydrogens (tertiary/aromatic N) is 1. The van der Waals surface area contributed by atoms with Gasteiger partial charge in [-0.25, -0.2) is 4.79 Å². The smallest absolute Gasteiger partial charge is 0.340 e. The van der Waals surface area contributed by atoms with Crippen molar-refractivity contribution in [3.63, 3.8) is 0 Å². The van der Waals surface area contributed by atoms with E-state index in [4.69, 9.17) is 9.47 Å². The average molecular weight is 648 g/mol. The lowest BCUT2D eigenvalue weighted by molar-refractivity contribution is -0.133. The number of methoxy groups -OCH3 is 1. The zero-order chi connectivity index (χ0) is 34.3. The van der Waals surface area contributed by atoms with E-state index in [0.29, 0.717) is 30.7 Å². The van der Waals surface area contributed by atoms with Gasteiger partial charge in [0.2, 0.25) is 11.8 Å². The number of esters is 1. The first kappa shape index (κ1) is 35.1. The van der Waals surface area contributed by atoms with Crippen LogP contribution in [0.3, 0.4) is 0 Å². The van der Waals surface area contributed by atoms with Crippen LogP contribution in [0.5, 0.6) is 5.75 Å². The standard InChI is InChI=1S/C35H45N5O7/c1-20(2)15-26(40-33(44)27-17-23-24(38-27)10-7-11-29(23)46-6)32(43)39-25(16-21-9-8-14-36-31(21)42)28(41)19-47-34(45)22-12-13-30(37-18-22)35(3,4)5/h7,10-13,17-18,20-21,25-26,38H,8-9,14-16,19H2,1-6H3,(H,36,42)(H,39,43)(H,40,44)/t21-,25-,26-/m0/s1. The van der Waals surface area contributed by atoms with Crippen molar-refractivity contribution in [3.8, 4) is 5.75 Å². The number of benzene rings is 1. The number of nitrogens with one attached hydrogen (secondary N) is 4. The lowest BCUT2D eigenvalue weighted by Gasteiger charge is -2.28. The van der Waals surface area contributed by atoms with Crippen molar-refractivity contribution >= 4 is 40.4 Å². The molecule has 4 N–H and O–H groups in total. The van der Waals surface area contributed by atoms with Crippen LogP contribution in [0.1, 0.15) is 86.8 Å². The second-order valence-electron chi connectivity index (χ2n) is 13.4. The van der Waals surface area contributed by atoms with E-state index in [-0.39, 0.29) is 34.9 Å². The summed E-state index contributed by atoms with van der Waals surface area (Å²) in [5.74, 6) is -2.47. The van der Waals surface area contributed by atoms with Gasteiger partial charge in [0.1, 0.15) is 17.5 Å². The van der Waals surface area contributed by atoms with Gasteiger partial charge in [0, 0.05) is 40.7 Å². The molecule has 0 unspecified atom stereocenters. The van der Waals surface area contributed by atoms with Gasteiger partial charge in [0.25, 0.3) is 5.91 Å². The van der Waals surface area contributed by atoms with E-state index in [1.165, 1.54) is 6.20 Å². The maximum Gasteiger partial charge on any atom is 0.340 e. The largest absolute Gasteiger partial charge is 0.496 e. The minimum atomic E-state index is -1.13. The van der Waals surface area contributed by atoms with Gasteiger partial charge >= 0.3 is 5.97 Å². The monoisotopic (exact) mass is 647 g/mol. The van der Waals surface area contributed by atoms with E-state index in [2.05, 4.69) is 25.9 Å². The number of carbonyl (C=O) groups excluding carboxylic acids is 5. The van der Waals surface area contributed by atoms with Crippen molar-refractivity contribution in [2.75, 3.05) is 20.3 Å². The molecule has 3 heterocycles. The Balaban J connectivity index is 1.48. The highest BCUT2D eigenvalue weighted by molar-refractivity contribution is 6.02. The number of H-pyrrole nitrogens is 1. The number of ketones is 1. The Bertz CT molecular complexity index is 1610. The van der Waals surface area contributed by atoms with Crippen molar-refractivity contribution in [2.24, 2.45) is 11.8 Å². The lowest BCUT2D eigenvalue weighted by atomic mass is 9.90. The maximum atomic E-state index is 13.7. The fourth-order valence-electron chi connectivity index (χ4n) is 5.53. The number of amides is 3. The highest BCUT2D eigenvalue weighted by atomic mass is 16.5. The van der Waals surface area contributed by atoms with Crippen LogP contribution in [-0.4, -0.2) is 71.8 Å². The van der Waals surface area contributed by atoms with Crippen LogP contribution in [0.4, 0.5) is 0 Å². The van der Waals surface area contributed by atoms with Crippen molar-refractivity contribution in [2.45, 2.75) is 77.8 Å². The Morgan fingerprint density at radius 1 is 1.06 bits per heavy atom. The molecule has 1 saturated heterocycles. The van der Waals surface area contributed by atoms with Crippen LogP contribution < -0.4 is 20.7 Å². The summed E-state index contributed by atoms with van der Waals surface area (Å²) in [6, 6.07) is 8.27. The number of pyridine rings is 1. The van der Waals surface area contributed by atoms with E-state index in [0.717, 1.165) is 17.5 Å². The SMILES string of the molecule is COc1cccc2[nH]c(C(=O)N[C@@H](CC(C)C)C(=O)N[C@@H](C[C@@H]3CCCNC3=O)C(=O)COC(=O)c3ccc(C(C)(C)C)nc3)cc12. The summed E-state index contributed by atoms with van der Waals surface area (Å²) in [6.45, 7) is 9.77. The number of aromatic amines is 1. The minimum Gasteiger partial charge on any atom is -0.496 e. The maximum absolute atomic E-state index is 13.7. The van der Waals surface area contributed by atoms with Crippen molar-refractivity contribution in [3.05, 3.63) is 59.5 Å². The highest BCUT2D eigenvalue weighted by Gasteiger charge is 2.33. The van der Waals surface area contributed by atoms with Gasteiger partial charge in [-0.3, -0.25) is 24.2 Å². The van der Waals surface area contributed by atoms with E-state index in [9.17, 15) is 24.0 Å². The van der Waals surface area contributed by atoms with E-state index < -0.39 is 48.2 Å². The Kier molecular flexibility index (Phi) is 11.4. The summed E-state index contributed by atoms with van der Waals surface area (Å²) in [4.78, 5) is 73.3. The third-order valence-corrected chi connectivity index (χ3v) is 8.16. The molecular formula is C35H45N5O7.